The number of ether oxygens (including phenoxy) is 5. The summed E-state index contributed by atoms with van der Waals surface area (Å²) in [5.41, 5.74) is 10.6. The number of phosphoric ester groups is 2. The number of anilines is 2. The lowest BCUT2D eigenvalue weighted by atomic mass is 10.1. The van der Waals surface area contributed by atoms with E-state index in [1.807, 2.05) is 6.07 Å². The van der Waals surface area contributed by atoms with Gasteiger partial charge in [-0.15, -0.1) is 0 Å². The van der Waals surface area contributed by atoms with E-state index in [1.54, 1.807) is 45.0 Å². The second-order valence-corrected chi connectivity index (χ2v) is 18.6. The second-order valence-electron chi connectivity index (χ2n) is 16.0. The normalized spacial score (nSPS) is 23.3. The molecule has 2 saturated heterocycles. The summed E-state index contributed by atoms with van der Waals surface area (Å²) in [6, 6.07) is 8.73. The summed E-state index contributed by atoms with van der Waals surface area (Å²) in [6.45, 7) is 2.95. The summed E-state index contributed by atoms with van der Waals surface area (Å²) in [5.74, 6) is -1.27. The van der Waals surface area contributed by atoms with Crippen LogP contribution in [-0.4, -0.2) is 129 Å². The van der Waals surface area contributed by atoms with Gasteiger partial charge in [0.2, 0.25) is 0 Å². The highest BCUT2D eigenvalue weighted by atomic mass is 31.2. The third kappa shape index (κ3) is 14.2. The van der Waals surface area contributed by atoms with Crippen molar-refractivity contribution in [2.45, 2.75) is 101 Å². The molecule has 10 N–H and O–H groups in total. The maximum Gasteiger partial charge on any atom is 0.472 e. The Hall–Kier alpha value is -5.64. The van der Waals surface area contributed by atoms with Crippen LogP contribution in [0.15, 0.2) is 60.0 Å². The van der Waals surface area contributed by atoms with Crippen LogP contribution < -0.4 is 27.8 Å². The maximum atomic E-state index is 14.0. The van der Waals surface area contributed by atoms with E-state index in [1.165, 1.54) is 23.2 Å². The van der Waals surface area contributed by atoms with Crippen LogP contribution in [0, 0.1) is 0 Å². The van der Waals surface area contributed by atoms with Gasteiger partial charge in [0, 0.05) is 19.2 Å². The molecule has 366 valence electrons. The number of aliphatic hydroxyl groups excluding tert-OH is 1. The lowest BCUT2D eigenvalue weighted by Crippen LogP contribution is -2.48. The Bertz CT molecular complexity index is 2520. The number of hydrogen-bond acceptors (Lipinski definition) is 21. The van der Waals surface area contributed by atoms with Gasteiger partial charge in [-0.1, -0.05) is 30.3 Å². The highest BCUT2D eigenvalue weighted by Gasteiger charge is 2.50. The average Bonchev–Trinajstić information content (AvgIpc) is 3.94. The van der Waals surface area contributed by atoms with Gasteiger partial charge in [-0.25, -0.2) is 43.3 Å². The monoisotopic (exact) mass is 984 g/mol. The van der Waals surface area contributed by atoms with E-state index in [0.717, 1.165) is 16.5 Å². The smallest absolute Gasteiger partial charge is 0.455 e. The molecule has 5 heterocycles. The van der Waals surface area contributed by atoms with Gasteiger partial charge in [0.05, 0.1) is 19.5 Å². The molecule has 1 aromatic carbocycles. The molecular weight excluding hydrogens is 934 g/mol. The van der Waals surface area contributed by atoms with Crippen LogP contribution in [0.2, 0.25) is 0 Å². The number of nitrogen functional groups attached to an aromatic ring is 2. The minimum atomic E-state index is -5.28. The Kier molecular flexibility index (Phi) is 16.3. The number of rotatable bonds is 19. The largest absolute Gasteiger partial charge is 0.472 e. The molecular formula is C37H50N10O18P2. The highest BCUT2D eigenvalue weighted by Crippen LogP contribution is 2.50. The fourth-order valence-corrected chi connectivity index (χ4v) is 8.09. The number of imidazole rings is 1. The molecule has 2 unspecified atom stereocenters. The number of aliphatic hydroxyl groups is 1. The second kappa shape index (κ2) is 21.5. The molecule has 2 fully saturated rings. The van der Waals surface area contributed by atoms with Crippen LogP contribution >= 0.6 is 15.6 Å². The Morgan fingerprint density at radius 1 is 0.970 bits per heavy atom. The molecule has 28 nitrogen and oxygen atoms in total. The lowest BCUT2D eigenvalue weighted by Gasteiger charge is -2.26. The highest BCUT2D eigenvalue weighted by molar-refractivity contribution is 7.47. The van der Waals surface area contributed by atoms with Crippen LogP contribution in [0.1, 0.15) is 58.1 Å². The van der Waals surface area contributed by atoms with Gasteiger partial charge >= 0.3 is 39.5 Å². The summed E-state index contributed by atoms with van der Waals surface area (Å²) in [4.78, 5) is 97.4. The number of benzene rings is 1. The van der Waals surface area contributed by atoms with Gasteiger partial charge in [0.1, 0.15) is 66.6 Å². The van der Waals surface area contributed by atoms with E-state index in [2.05, 4.69) is 35.1 Å². The van der Waals surface area contributed by atoms with Crippen LogP contribution in [-0.2, 0) is 57.8 Å². The SMILES string of the molecule is CC(C)(C)OC(=O)NC(CCCNC(=O)OCc1ccccc1)C(=O)O[C@H]1[C@@H](O)[C@H](n2cnc3c(N)ncnc32)O[C@@H]1COP(=O)(O)O[C@H]1C[C@H](n2ccc(N)nc2=O)O[C@@H]1COP(=O)(O)O. The van der Waals surface area contributed by atoms with E-state index in [4.69, 9.17) is 44.2 Å². The van der Waals surface area contributed by atoms with Crippen molar-refractivity contribution in [3.05, 3.63) is 71.3 Å². The predicted molar refractivity (Wildman–Crippen MR) is 227 cm³/mol. The van der Waals surface area contributed by atoms with Crippen molar-refractivity contribution in [2.75, 3.05) is 31.2 Å². The van der Waals surface area contributed by atoms with Crippen molar-refractivity contribution in [3.63, 3.8) is 0 Å². The first kappa shape index (κ1) is 50.8. The van der Waals surface area contributed by atoms with E-state index in [9.17, 15) is 48.1 Å². The first-order valence-corrected chi connectivity index (χ1v) is 23.4. The maximum absolute atomic E-state index is 14.0. The third-order valence-electron chi connectivity index (χ3n) is 9.77. The molecule has 2 aliphatic rings. The zero-order valence-electron chi connectivity index (χ0n) is 36.0. The number of phosphoric acid groups is 2. The summed E-state index contributed by atoms with van der Waals surface area (Å²) in [6.07, 6.45) is -9.47. The van der Waals surface area contributed by atoms with E-state index in [-0.39, 0.29) is 55.2 Å². The van der Waals surface area contributed by atoms with E-state index < -0.39 is 107 Å². The number of carbonyl (C=O) groups is 3. The number of aromatic nitrogens is 6. The molecule has 0 aliphatic carbocycles. The third-order valence-corrected chi connectivity index (χ3v) is 11.3. The molecule has 0 radical (unpaired) electrons. The van der Waals surface area contributed by atoms with Crippen LogP contribution in [0.4, 0.5) is 21.2 Å². The van der Waals surface area contributed by atoms with Crippen LogP contribution in [0.5, 0.6) is 0 Å². The number of esters is 1. The fraction of sp³-hybridized carbons (Fsp3) is 0.514. The van der Waals surface area contributed by atoms with E-state index >= 15 is 0 Å². The Morgan fingerprint density at radius 3 is 2.40 bits per heavy atom. The number of carbonyl (C=O) groups excluding carboxylic acids is 3. The molecule has 6 rings (SSSR count). The summed E-state index contributed by atoms with van der Waals surface area (Å²) >= 11 is 0. The van der Waals surface area contributed by atoms with Gasteiger partial charge in [0.25, 0.3) is 0 Å². The first-order chi connectivity index (χ1) is 31.6. The minimum Gasteiger partial charge on any atom is -0.455 e. The lowest BCUT2D eigenvalue weighted by molar-refractivity contribution is -0.159. The van der Waals surface area contributed by atoms with Crippen molar-refractivity contribution in [2.24, 2.45) is 0 Å². The van der Waals surface area contributed by atoms with Crippen molar-refractivity contribution in [3.8, 4) is 0 Å². The van der Waals surface area contributed by atoms with Crippen molar-refractivity contribution in [1.82, 2.24) is 39.7 Å². The summed E-state index contributed by atoms with van der Waals surface area (Å²) in [7, 11) is -10.4. The van der Waals surface area contributed by atoms with Crippen LogP contribution in [0.25, 0.3) is 11.2 Å². The number of nitrogens with zero attached hydrogens (tertiary/aromatic N) is 6. The number of alkyl carbamates (subject to hydrolysis) is 2. The van der Waals surface area contributed by atoms with Crippen molar-refractivity contribution >= 4 is 56.6 Å². The molecule has 30 heteroatoms. The molecule has 9 atom stereocenters. The van der Waals surface area contributed by atoms with Gasteiger partial charge in [-0.3, -0.25) is 22.7 Å². The Morgan fingerprint density at radius 2 is 1.70 bits per heavy atom. The number of hydrogen-bond donors (Lipinski definition) is 8. The summed E-state index contributed by atoms with van der Waals surface area (Å²) in [5, 5.41) is 16.7. The van der Waals surface area contributed by atoms with E-state index in [0.29, 0.717) is 0 Å². The molecule has 2 aliphatic heterocycles. The number of nitrogens with one attached hydrogen (secondary N) is 2. The summed E-state index contributed by atoms with van der Waals surface area (Å²) < 4.78 is 70.8. The topological polar surface area (TPSA) is 395 Å². The number of nitrogens with two attached hydrogens (primary N) is 2. The Balaban J connectivity index is 1.19. The van der Waals surface area contributed by atoms with Gasteiger partial charge < -0.3 is 65.6 Å². The first-order valence-electron chi connectivity index (χ1n) is 20.3. The molecule has 0 spiro atoms. The molecule has 2 amide bonds. The fourth-order valence-electron chi connectivity index (χ4n) is 6.79. The number of fused-ring (bicyclic) bond motifs is 1. The average molecular weight is 985 g/mol. The molecule has 3 aromatic heterocycles. The number of amides is 2. The quantitative estimate of drug-likeness (QED) is 0.0280. The van der Waals surface area contributed by atoms with Gasteiger partial charge in [-0.05, 0) is 45.2 Å². The molecule has 67 heavy (non-hydrogen) atoms. The van der Waals surface area contributed by atoms with Gasteiger partial charge in [-0.2, -0.15) is 4.98 Å². The minimum absolute atomic E-state index is 0.00177. The molecule has 4 aromatic rings. The standard InChI is InChI=1S/C37H50N10O18P2/c1-37(2,3)64-36(52)44-21(10-7-12-40-35(51)58-15-20-8-5-4-6-9-20)33(49)63-29-24(62-32(28(29)48)47-19-43-27-30(39)41-18-42-31(27)47)17-60-67(56,57)65-22-14-26(46-13-11-25(38)45-34(46)50)61-23(22)16-59-66(53,54)55/h4-6,8-9,11,13,18-19,21-24,26,28-29,32,48H,7,10,12,14-17H2,1-3H3,(H,40,51)(H,44,52)(H,56,57)(H2,38,45,50)(H2,39,41,42)(H2,53,54,55)/t21?,22-,23+,24+,26+,28+,29+,32+/m0/s1. The molecule has 0 bridgehead atoms. The van der Waals surface area contributed by atoms with Gasteiger partial charge in [0.15, 0.2) is 23.8 Å². The zero-order chi connectivity index (χ0) is 48.7. The Labute approximate surface area is 380 Å². The van der Waals surface area contributed by atoms with Crippen molar-refractivity contribution in [1.29, 1.82) is 0 Å². The zero-order valence-corrected chi connectivity index (χ0v) is 37.8. The predicted octanol–water partition coefficient (Wildman–Crippen LogP) is 0.917. The molecule has 0 saturated carbocycles. The van der Waals surface area contributed by atoms with Crippen molar-refractivity contribution < 1.29 is 80.6 Å². The van der Waals surface area contributed by atoms with Crippen LogP contribution in [0.3, 0.4) is 0 Å².